The van der Waals surface area contributed by atoms with Crippen molar-refractivity contribution in [2.75, 3.05) is 0 Å². The molecule has 2 bridgehead atoms. The van der Waals surface area contributed by atoms with E-state index in [0.29, 0.717) is 0 Å². The van der Waals surface area contributed by atoms with Crippen molar-refractivity contribution in [3.8, 4) is 0 Å². The highest BCUT2D eigenvalue weighted by molar-refractivity contribution is 6.11. The van der Waals surface area contributed by atoms with Crippen LogP contribution >= 0.6 is 0 Å². The van der Waals surface area contributed by atoms with E-state index < -0.39 is 18.9 Å². The van der Waals surface area contributed by atoms with Crippen LogP contribution in [0.4, 0.5) is 0 Å². The molecule has 2 aliphatic heterocycles. The predicted molar refractivity (Wildman–Crippen MR) is 80.7 cm³/mol. The zero-order valence-corrected chi connectivity index (χ0v) is 12.0. The Balaban J connectivity index is 1.96. The zero-order valence-electron chi connectivity index (χ0n) is 12.0. The van der Waals surface area contributed by atoms with E-state index in [2.05, 4.69) is 24.3 Å². The Morgan fingerprint density at radius 2 is 1.32 bits per heavy atom. The maximum Gasteiger partial charge on any atom is 0.220 e. The first-order valence-electron chi connectivity index (χ1n) is 7.38. The van der Waals surface area contributed by atoms with Crippen LogP contribution in [0.25, 0.3) is 21.5 Å². The summed E-state index contributed by atoms with van der Waals surface area (Å²) in [6, 6.07) is 16.6. The van der Waals surface area contributed by atoms with Gasteiger partial charge in [0, 0.05) is 11.1 Å². The molecule has 3 aromatic carbocycles. The molecule has 22 heavy (non-hydrogen) atoms. The summed E-state index contributed by atoms with van der Waals surface area (Å²) in [5.41, 5.74) is 1.98. The smallest absolute Gasteiger partial charge is 0.220 e. The van der Waals surface area contributed by atoms with Crippen LogP contribution in [-0.4, -0.2) is 6.29 Å². The minimum Gasteiger partial charge on any atom is -0.317 e. The van der Waals surface area contributed by atoms with Gasteiger partial charge in [0.2, 0.25) is 6.29 Å². The first-order chi connectivity index (χ1) is 10.8. The van der Waals surface area contributed by atoms with Crippen molar-refractivity contribution in [3.05, 3.63) is 59.7 Å². The first-order valence-corrected chi connectivity index (χ1v) is 7.38. The number of rotatable bonds is 0. The molecule has 1 fully saturated rings. The van der Waals surface area contributed by atoms with Gasteiger partial charge < -0.3 is 9.47 Å². The normalized spacial score (nSPS) is 27.0. The maximum absolute atomic E-state index is 6.04. The topological polar surface area (TPSA) is 36.9 Å². The van der Waals surface area contributed by atoms with E-state index >= 15 is 0 Å². The molecule has 3 atom stereocenters. The Kier molecular flexibility index (Phi) is 2.57. The molecule has 0 radical (unpaired) electrons. The lowest BCUT2D eigenvalue weighted by Crippen LogP contribution is -2.13. The quantitative estimate of drug-likeness (QED) is 0.456. The Morgan fingerprint density at radius 1 is 0.682 bits per heavy atom. The van der Waals surface area contributed by atoms with Gasteiger partial charge in [0.25, 0.3) is 0 Å². The van der Waals surface area contributed by atoms with Gasteiger partial charge in [-0.05, 0) is 28.5 Å². The molecular weight excluding hydrogens is 280 g/mol. The summed E-state index contributed by atoms with van der Waals surface area (Å²) in [6.45, 7) is 1.80. The second-order valence-electron chi connectivity index (χ2n) is 5.65. The van der Waals surface area contributed by atoms with E-state index in [1.807, 2.05) is 24.3 Å². The molecule has 0 aliphatic carbocycles. The van der Waals surface area contributed by atoms with E-state index in [-0.39, 0.29) is 0 Å². The van der Waals surface area contributed by atoms with Gasteiger partial charge in [0.1, 0.15) is 0 Å². The third-order valence-electron chi connectivity index (χ3n) is 4.30. The highest BCUT2D eigenvalue weighted by Gasteiger charge is 2.34. The largest absolute Gasteiger partial charge is 0.317 e. The van der Waals surface area contributed by atoms with E-state index in [0.717, 1.165) is 21.9 Å². The molecule has 0 amide bonds. The maximum atomic E-state index is 6.04. The SMILES string of the molecule is CC1OOC2OC(O1)c1cccc3ccc4cccc2c4c13. The van der Waals surface area contributed by atoms with Gasteiger partial charge >= 0.3 is 0 Å². The Bertz CT molecular complexity index is 889. The van der Waals surface area contributed by atoms with E-state index in [9.17, 15) is 0 Å². The second-order valence-corrected chi connectivity index (χ2v) is 5.65. The predicted octanol–water partition coefficient (Wildman–Crippen LogP) is 4.34. The van der Waals surface area contributed by atoms with Gasteiger partial charge in [-0.15, -0.1) is 0 Å². The van der Waals surface area contributed by atoms with Crippen molar-refractivity contribution in [3.63, 3.8) is 0 Å². The summed E-state index contributed by atoms with van der Waals surface area (Å²) in [7, 11) is 0. The average Bonchev–Trinajstić information content (AvgIpc) is 2.82. The van der Waals surface area contributed by atoms with Crippen LogP contribution in [0.3, 0.4) is 0 Å². The van der Waals surface area contributed by atoms with Gasteiger partial charge in [-0.1, -0.05) is 48.5 Å². The van der Waals surface area contributed by atoms with Crippen LogP contribution in [0.2, 0.25) is 0 Å². The van der Waals surface area contributed by atoms with Gasteiger partial charge in [-0.25, -0.2) is 4.89 Å². The molecule has 5 rings (SSSR count). The monoisotopic (exact) mass is 294 g/mol. The summed E-state index contributed by atoms with van der Waals surface area (Å²) in [6.07, 6.45) is -1.60. The van der Waals surface area contributed by atoms with Crippen molar-refractivity contribution in [2.45, 2.75) is 25.8 Å². The summed E-state index contributed by atoms with van der Waals surface area (Å²) < 4.78 is 11.9. The molecule has 0 aromatic heterocycles. The minimum absolute atomic E-state index is 0.491. The van der Waals surface area contributed by atoms with Gasteiger partial charge in [0.05, 0.1) is 0 Å². The highest BCUT2D eigenvalue weighted by atomic mass is 17.3. The van der Waals surface area contributed by atoms with Crippen molar-refractivity contribution in [1.82, 2.24) is 0 Å². The fourth-order valence-corrected chi connectivity index (χ4v) is 3.37. The second kappa shape index (κ2) is 4.51. The van der Waals surface area contributed by atoms with Crippen molar-refractivity contribution < 1.29 is 19.2 Å². The van der Waals surface area contributed by atoms with E-state index in [1.54, 1.807) is 6.92 Å². The Hall–Kier alpha value is -1.98. The van der Waals surface area contributed by atoms with Crippen molar-refractivity contribution in [1.29, 1.82) is 0 Å². The zero-order chi connectivity index (χ0) is 14.7. The molecule has 3 aromatic rings. The summed E-state index contributed by atoms with van der Waals surface area (Å²) in [4.78, 5) is 10.7. The molecule has 0 saturated carbocycles. The lowest BCUT2D eigenvalue weighted by molar-refractivity contribution is -0.398. The number of ether oxygens (including phenoxy) is 2. The van der Waals surface area contributed by atoms with E-state index in [4.69, 9.17) is 19.2 Å². The number of hydrogen-bond acceptors (Lipinski definition) is 4. The van der Waals surface area contributed by atoms with Crippen molar-refractivity contribution >= 4 is 21.5 Å². The molecule has 0 spiro atoms. The third kappa shape index (κ3) is 1.66. The molecule has 2 heterocycles. The summed E-state index contributed by atoms with van der Waals surface area (Å²) in [5.74, 6) is 0. The lowest BCUT2D eigenvalue weighted by atomic mass is 9.95. The summed E-state index contributed by atoms with van der Waals surface area (Å²) >= 11 is 0. The van der Waals surface area contributed by atoms with Crippen LogP contribution in [0.1, 0.15) is 30.6 Å². The number of fused-ring (bicyclic) bond motifs is 4. The molecule has 1 saturated heterocycles. The average molecular weight is 294 g/mol. The van der Waals surface area contributed by atoms with Crippen molar-refractivity contribution in [2.24, 2.45) is 0 Å². The Labute approximate surface area is 127 Å². The molecule has 110 valence electrons. The first kappa shape index (κ1) is 12.6. The number of benzene rings is 3. The van der Waals surface area contributed by atoms with Crippen LogP contribution in [0.15, 0.2) is 48.5 Å². The molecular formula is C18H14O4. The van der Waals surface area contributed by atoms with Crippen LogP contribution in [0, 0.1) is 0 Å². The van der Waals surface area contributed by atoms with Gasteiger partial charge in [-0.2, -0.15) is 4.89 Å². The Morgan fingerprint density at radius 3 is 2.00 bits per heavy atom. The van der Waals surface area contributed by atoms with Crippen LogP contribution in [-0.2, 0) is 19.2 Å². The highest BCUT2D eigenvalue weighted by Crippen LogP contribution is 2.44. The third-order valence-corrected chi connectivity index (χ3v) is 4.30. The fraction of sp³-hybridized carbons (Fsp3) is 0.222. The van der Waals surface area contributed by atoms with Gasteiger partial charge in [0.15, 0.2) is 12.6 Å². The lowest BCUT2D eigenvalue weighted by Gasteiger charge is -2.18. The molecule has 3 unspecified atom stereocenters. The van der Waals surface area contributed by atoms with Crippen LogP contribution in [0.5, 0.6) is 0 Å². The summed E-state index contributed by atoms with van der Waals surface area (Å²) in [5, 5.41) is 4.64. The van der Waals surface area contributed by atoms with Gasteiger partial charge in [-0.3, -0.25) is 0 Å². The minimum atomic E-state index is -0.600. The number of hydrogen-bond donors (Lipinski definition) is 0. The molecule has 4 nitrogen and oxygen atoms in total. The molecule has 2 aliphatic rings. The standard InChI is InChI=1S/C18H14O4/c1-10-19-17-13-6-2-4-11-8-9-12-5-3-7-14(16(12)15(11)13)18(20-17)22-21-10/h2-10,17-18H,1H3. The molecule has 0 N–H and O–H groups in total. The molecule has 4 heteroatoms. The van der Waals surface area contributed by atoms with Crippen LogP contribution < -0.4 is 0 Å². The fourth-order valence-electron chi connectivity index (χ4n) is 3.37. The van der Waals surface area contributed by atoms with E-state index in [1.165, 1.54) is 10.8 Å².